The molecule has 3 nitrogen and oxygen atoms in total. The molecule has 1 saturated heterocycles. The molecule has 1 aliphatic carbocycles. The minimum absolute atomic E-state index is 0.182. The summed E-state index contributed by atoms with van der Waals surface area (Å²) in [4.78, 5) is 0. The van der Waals surface area contributed by atoms with Gasteiger partial charge >= 0.3 is 7.12 Å². The molecule has 1 fully saturated rings. The summed E-state index contributed by atoms with van der Waals surface area (Å²) in [6, 6.07) is 1.29. The van der Waals surface area contributed by atoms with Crippen molar-refractivity contribution in [2.45, 2.75) is 57.8 Å². The van der Waals surface area contributed by atoms with E-state index in [2.05, 4.69) is 0 Å². The molecule has 3 rings (SSSR count). The zero-order valence-corrected chi connectivity index (χ0v) is 12.7. The van der Waals surface area contributed by atoms with Crippen LogP contribution in [0.25, 0.3) is 0 Å². The van der Waals surface area contributed by atoms with E-state index < -0.39 is 36.1 Å². The van der Waals surface area contributed by atoms with Crippen LogP contribution >= 0.6 is 0 Å². The average Bonchev–Trinajstić information content (AvgIpc) is 2.78. The number of hydrogen-bond donors (Lipinski definition) is 1. The van der Waals surface area contributed by atoms with Crippen molar-refractivity contribution in [1.82, 2.24) is 0 Å². The number of fused-ring (bicyclic) bond motifs is 1. The number of aliphatic hydroxyl groups excluding tert-OH is 1. The van der Waals surface area contributed by atoms with Crippen LogP contribution in [0.4, 0.5) is 8.78 Å². The molecule has 1 N–H and O–H groups in total. The summed E-state index contributed by atoms with van der Waals surface area (Å²) < 4.78 is 40.4. The van der Waals surface area contributed by atoms with Gasteiger partial charge in [-0.2, -0.15) is 0 Å². The third-order valence-corrected chi connectivity index (χ3v) is 4.89. The number of benzene rings is 1. The van der Waals surface area contributed by atoms with Gasteiger partial charge in [0.15, 0.2) is 0 Å². The van der Waals surface area contributed by atoms with Crippen LogP contribution in [-0.4, -0.2) is 23.4 Å². The Kier molecular flexibility index (Phi) is 3.21. The van der Waals surface area contributed by atoms with Crippen molar-refractivity contribution in [3.05, 3.63) is 28.8 Å². The lowest BCUT2D eigenvalue weighted by Crippen LogP contribution is -2.41. The van der Waals surface area contributed by atoms with Crippen LogP contribution in [0, 0.1) is 11.6 Å². The van der Waals surface area contributed by atoms with Crippen LogP contribution in [0.3, 0.4) is 0 Å². The molecule has 1 aromatic rings. The van der Waals surface area contributed by atoms with Gasteiger partial charge in [-0.15, -0.1) is 0 Å². The van der Waals surface area contributed by atoms with Crippen molar-refractivity contribution in [2.24, 2.45) is 0 Å². The Balaban J connectivity index is 2.07. The molecule has 0 amide bonds. The molecule has 1 aromatic carbocycles. The molecule has 1 heterocycles. The highest BCUT2D eigenvalue weighted by Crippen LogP contribution is 2.38. The van der Waals surface area contributed by atoms with E-state index in [4.69, 9.17) is 9.31 Å². The van der Waals surface area contributed by atoms with Gasteiger partial charge in [0.1, 0.15) is 11.6 Å². The predicted octanol–water partition coefficient (Wildman–Crippen LogP) is 2.24. The van der Waals surface area contributed by atoms with E-state index >= 15 is 0 Å². The second kappa shape index (κ2) is 4.51. The smallest absolute Gasteiger partial charge is 0.399 e. The Bertz CT molecular complexity index is 585. The van der Waals surface area contributed by atoms with Crippen molar-refractivity contribution in [3.8, 4) is 0 Å². The third-order valence-electron chi connectivity index (χ3n) is 4.89. The highest BCUT2D eigenvalue weighted by molar-refractivity contribution is 6.62. The first kappa shape index (κ1) is 14.9. The summed E-state index contributed by atoms with van der Waals surface area (Å²) in [7, 11) is -1.10. The summed E-state index contributed by atoms with van der Waals surface area (Å²) in [6.45, 7) is 7.30. The fourth-order valence-corrected chi connectivity index (χ4v) is 2.88. The maximum absolute atomic E-state index is 14.7. The van der Waals surface area contributed by atoms with E-state index in [1.807, 2.05) is 27.7 Å². The van der Waals surface area contributed by atoms with Crippen LogP contribution in [0.2, 0.25) is 0 Å². The second-order valence-corrected chi connectivity index (χ2v) is 6.80. The summed E-state index contributed by atoms with van der Waals surface area (Å²) in [5.41, 5.74) is -0.880. The predicted molar refractivity (Wildman–Crippen MR) is 75.4 cm³/mol. The van der Waals surface area contributed by atoms with Gasteiger partial charge < -0.3 is 14.4 Å². The highest BCUT2D eigenvalue weighted by atomic mass is 19.1. The first-order chi connectivity index (χ1) is 9.64. The topological polar surface area (TPSA) is 38.7 Å². The molecule has 114 valence electrons. The Morgan fingerprint density at radius 3 is 2.33 bits per heavy atom. The zero-order chi connectivity index (χ0) is 15.6. The number of halogens is 2. The Morgan fingerprint density at radius 2 is 1.76 bits per heavy atom. The van der Waals surface area contributed by atoms with E-state index in [0.717, 1.165) is 0 Å². The molecule has 0 spiro atoms. The number of aryl methyl sites for hydroxylation is 1. The van der Waals surface area contributed by atoms with Crippen molar-refractivity contribution in [1.29, 1.82) is 0 Å². The first-order valence-electron chi connectivity index (χ1n) is 7.18. The monoisotopic (exact) mass is 296 g/mol. The molecule has 0 bridgehead atoms. The minimum atomic E-state index is -1.10. The maximum atomic E-state index is 14.7. The lowest BCUT2D eigenvalue weighted by atomic mass is 9.76. The van der Waals surface area contributed by atoms with Crippen LogP contribution < -0.4 is 5.46 Å². The zero-order valence-electron chi connectivity index (χ0n) is 12.7. The Morgan fingerprint density at radius 1 is 1.19 bits per heavy atom. The van der Waals surface area contributed by atoms with Crippen LogP contribution in [0.1, 0.15) is 51.3 Å². The van der Waals surface area contributed by atoms with Gasteiger partial charge in [0.2, 0.25) is 0 Å². The third kappa shape index (κ3) is 2.12. The van der Waals surface area contributed by atoms with Gasteiger partial charge in [-0.1, -0.05) is 0 Å². The molecule has 1 atom stereocenters. The van der Waals surface area contributed by atoms with Crippen LogP contribution in [0.15, 0.2) is 6.07 Å². The molecular weight excluding hydrogens is 277 g/mol. The van der Waals surface area contributed by atoms with Crippen molar-refractivity contribution < 1.29 is 23.2 Å². The fourth-order valence-electron chi connectivity index (χ4n) is 2.88. The molecule has 2 aliphatic rings. The SMILES string of the molecule is CC1(C)OB(c2c(F)cc3c(c2F)C(O)CC3)OC1(C)C. The van der Waals surface area contributed by atoms with Gasteiger partial charge in [-0.05, 0) is 52.2 Å². The molecule has 1 unspecified atom stereocenters. The van der Waals surface area contributed by atoms with Gasteiger partial charge in [0, 0.05) is 5.56 Å². The summed E-state index contributed by atoms with van der Waals surface area (Å²) in [5.74, 6) is -1.42. The number of rotatable bonds is 1. The quantitative estimate of drug-likeness (QED) is 0.808. The Labute approximate surface area is 123 Å². The summed E-state index contributed by atoms with van der Waals surface area (Å²) in [6.07, 6.45) is 0.00809. The van der Waals surface area contributed by atoms with Gasteiger partial charge in [0.25, 0.3) is 0 Å². The van der Waals surface area contributed by atoms with Crippen LogP contribution in [0.5, 0.6) is 0 Å². The molecule has 6 heteroatoms. The van der Waals surface area contributed by atoms with Crippen molar-refractivity contribution in [3.63, 3.8) is 0 Å². The van der Waals surface area contributed by atoms with Gasteiger partial charge in [-0.3, -0.25) is 0 Å². The minimum Gasteiger partial charge on any atom is -0.399 e. The van der Waals surface area contributed by atoms with E-state index in [9.17, 15) is 13.9 Å². The maximum Gasteiger partial charge on any atom is 0.500 e. The standard InChI is InChI=1S/C15H19BF2O3/c1-14(2)15(3,4)21-16(20-14)12-9(17)7-8-5-6-10(19)11(8)13(12)18/h7,10,19H,5-6H2,1-4H3. The lowest BCUT2D eigenvalue weighted by Gasteiger charge is -2.32. The van der Waals surface area contributed by atoms with Gasteiger partial charge in [0.05, 0.1) is 22.8 Å². The Hall–Kier alpha value is -0.975. The second-order valence-electron chi connectivity index (χ2n) is 6.80. The van der Waals surface area contributed by atoms with Crippen molar-refractivity contribution in [2.75, 3.05) is 0 Å². The number of aliphatic hydroxyl groups is 1. The van der Waals surface area contributed by atoms with E-state index in [1.165, 1.54) is 6.07 Å². The molecular formula is C15H19BF2O3. The largest absolute Gasteiger partial charge is 0.500 e. The normalized spacial score (nSPS) is 26.2. The summed E-state index contributed by atoms with van der Waals surface area (Å²) >= 11 is 0. The first-order valence-corrected chi connectivity index (χ1v) is 7.18. The van der Waals surface area contributed by atoms with Gasteiger partial charge in [-0.25, -0.2) is 8.78 Å². The fraction of sp³-hybridized carbons (Fsp3) is 0.600. The lowest BCUT2D eigenvalue weighted by molar-refractivity contribution is 0.00578. The molecule has 21 heavy (non-hydrogen) atoms. The molecule has 1 aliphatic heterocycles. The average molecular weight is 296 g/mol. The van der Waals surface area contributed by atoms with E-state index in [0.29, 0.717) is 18.4 Å². The highest BCUT2D eigenvalue weighted by Gasteiger charge is 2.53. The van der Waals surface area contributed by atoms with Crippen molar-refractivity contribution >= 4 is 12.6 Å². The molecule has 0 aromatic heterocycles. The van der Waals surface area contributed by atoms with E-state index in [-0.39, 0.29) is 11.0 Å². The molecule has 0 saturated carbocycles. The number of hydrogen-bond acceptors (Lipinski definition) is 3. The molecule has 0 radical (unpaired) electrons. The summed E-state index contributed by atoms with van der Waals surface area (Å²) in [5, 5.41) is 9.88. The van der Waals surface area contributed by atoms with Crippen LogP contribution in [-0.2, 0) is 15.7 Å². The van der Waals surface area contributed by atoms with E-state index in [1.54, 1.807) is 0 Å².